The highest BCUT2D eigenvalue weighted by Gasteiger charge is 2.10. The maximum atomic E-state index is 11.4. The predicted octanol–water partition coefficient (Wildman–Crippen LogP) is 1.27. The van der Waals surface area contributed by atoms with E-state index in [1.807, 2.05) is 18.4 Å². The van der Waals surface area contributed by atoms with Crippen molar-refractivity contribution in [2.45, 2.75) is 39.8 Å². The zero-order valence-corrected chi connectivity index (χ0v) is 15.6. The summed E-state index contributed by atoms with van der Waals surface area (Å²) >= 11 is 0. The van der Waals surface area contributed by atoms with Crippen LogP contribution in [0.25, 0.3) is 22.3 Å². The highest BCUT2D eigenvalue weighted by atomic mass is 16.1. The van der Waals surface area contributed by atoms with Crippen LogP contribution < -0.4 is 17.0 Å². The maximum Gasteiger partial charge on any atom is 0.280 e. The van der Waals surface area contributed by atoms with Gasteiger partial charge in [-0.05, 0) is 27.7 Å². The van der Waals surface area contributed by atoms with E-state index in [9.17, 15) is 4.79 Å². The molecule has 4 rings (SSSR count). The molecule has 142 valence electrons. The molecule has 0 aliphatic carbocycles. The first-order valence-electron chi connectivity index (χ1n) is 8.45. The fourth-order valence-corrected chi connectivity index (χ4v) is 2.57. The van der Waals surface area contributed by atoms with Crippen LogP contribution in [0.5, 0.6) is 0 Å². The normalized spacial score (nSPS) is 11.3. The lowest BCUT2D eigenvalue weighted by Crippen LogP contribution is -2.12. The predicted molar refractivity (Wildman–Crippen MR) is 103 cm³/mol. The van der Waals surface area contributed by atoms with E-state index in [1.165, 1.54) is 6.33 Å². The summed E-state index contributed by atoms with van der Waals surface area (Å²) in [6, 6.07) is 0.535. The molecule has 0 amide bonds. The van der Waals surface area contributed by atoms with Crippen LogP contribution in [0, 0.1) is 0 Å². The third kappa shape index (κ3) is 3.43. The Kier molecular flexibility index (Phi) is 4.75. The minimum absolute atomic E-state index is 0.116. The van der Waals surface area contributed by atoms with Crippen LogP contribution in [0.15, 0.2) is 23.8 Å². The smallest absolute Gasteiger partial charge is 0.280 e. The van der Waals surface area contributed by atoms with Gasteiger partial charge < -0.3 is 20.6 Å². The van der Waals surface area contributed by atoms with Crippen molar-refractivity contribution < 1.29 is 0 Å². The number of nitrogens with one attached hydrogen (secondary N) is 1. The van der Waals surface area contributed by atoms with Crippen molar-refractivity contribution in [3.8, 4) is 0 Å². The van der Waals surface area contributed by atoms with Crippen molar-refractivity contribution >= 4 is 34.1 Å². The molecule has 5 N–H and O–H groups in total. The molecule has 27 heavy (non-hydrogen) atoms. The summed E-state index contributed by atoms with van der Waals surface area (Å²) < 4.78 is 3.77. The lowest BCUT2D eigenvalue weighted by Gasteiger charge is -2.06. The van der Waals surface area contributed by atoms with Gasteiger partial charge in [-0.1, -0.05) is 0 Å². The molecule has 0 radical (unpaired) electrons. The molecule has 0 fully saturated rings. The molecule has 0 aliphatic heterocycles. The van der Waals surface area contributed by atoms with E-state index in [0.717, 1.165) is 5.65 Å². The number of hydrogen-bond donors (Lipinski definition) is 3. The van der Waals surface area contributed by atoms with E-state index in [1.54, 1.807) is 17.2 Å². The van der Waals surface area contributed by atoms with Gasteiger partial charge in [0.1, 0.15) is 11.8 Å². The second-order valence-corrected chi connectivity index (χ2v) is 6.55. The summed E-state index contributed by atoms with van der Waals surface area (Å²) in [5, 5.41) is 0. The number of H-pyrrole nitrogens is 1. The quantitative estimate of drug-likeness (QED) is 0.475. The molecule has 0 atom stereocenters. The molecule has 0 saturated carbocycles. The first-order valence-corrected chi connectivity index (χ1v) is 8.45. The molecular weight excluding hydrogens is 348 g/mol. The average molecular weight is 370 g/mol. The van der Waals surface area contributed by atoms with Gasteiger partial charge in [-0.15, -0.1) is 0 Å². The lowest BCUT2D eigenvalue weighted by molar-refractivity contribution is 0.612. The largest absolute Gasteiger partial charge is 0.382 e. The van der Waals surface area contributed by atoms with Gasteiger partial charge in [-0.3, -0.25) is 9.78 Å². The van der Waals surface area contributed by atoms with Gasteiger partial charge in [0.2, 0.25) is 5.95 Å². The second kappa shape index (κ2) is 7.02. The van der Waals surface area contributed by atoms with Crippen LogP contribution in [0.3, 0.4) is 0 Å². The van der Waals surface area contributed by atoms with Crippen LogP contribution in [0.2, 0.25) is 0 Å². The van der Waals surface area contributed by atoms with Crippen molar-refractivity contribution in [3.63, 3.8) is 0 Å². The zero-order valence-electron chi connectivity index (χ0n) is 15.6. The monoisotopic (exact) mass is 370 g/mol. The number of rotatable bonds is 2. The zero-order chi connectivity index (χ0) is 19.7. The van der Waals surface area contributed by atoms with Gasteiger partial charge >= 0.3 is 0 Å². The van der Waals surface area contributed by atoms with Crippen molar-refractivity contribution in [2.24, 2.45) is 0 Å². The number of fused-ring (bicyclic) bond motifs is 2. The van der Waals surface area contributed by atoms with E-state index in [2.05, 4.69) is 43.8 Å². The average Bonchev–Trinajstić information content (AvgIpc) is 3.20. The molecule has 0 aromatic carbocycles. The third-order valence-electron chi connectivity index (χ3n) is 3.95. The topological polar surface area (TPSA) is 159 Å². The Labute approximate surface area is 154 Å². The van der Waals surface area contributed by atoms with E-state index < -0.39 is 0 Å². The van der Waals surface area contributed by atoms with Gasteiger partial charge in [0.05, 0.1) is 12.7 Å². The van der Waals surface area contributed by atoms with Gasteiger partial charge in [-0.25, -0.2) is 19.9 Å². The first-order chi connectivity index (χ1) is 12.8. The summed E-state index contributed by atoms with van der Waals surface area (Å²) in [6.07, 6.45) is 4.79. The summed E-state index contributed by atoms with van der Waals surface area (Å²) in [5.41, 5.74) is 13.1. The number of aromatic amines is 1. The molecule has 0 spiro atoms. The highest BCUT2D eigenvalue weighted by Crippen LogP contribution is 2.17. The van der Waals surface area contributed by atoms with Crippen LogP contribution >= 0.6 is 0 Å². The van der Waals surface area contributed by atoms with E-state index in [-0.39, 0.29) is 17.5 Å². The van der Waals surface area contributed by atoms with Crippen molar-refractivity contribution in [1.82, 2.24) is 39.0 Å². The minimum Gasteiger partial charge on any atom is -0.382 e. The van der Waals surface area contributed by atoms with Gasteiger partial charge in [0.15, 0.2) is 22.6 Å². The molecule has 11 nitrogen and oxygen atoms in total. The summed E-state index contributed by atoms with van der Waals surface area (Å²) in [6.45, 7) is 8.11. The fourth-order valence-electron chi connectivity index (χ4n) is 2.57. The van der Waals surface area contributed by atoms with Crippen molar-refractivity contribution in [3.05, 3.63) is 29.3 Å². The second-order valence-electron chi connectivity index (χ2n) is 6.55. The summed E-state index contributed by atoms with van der Waals surface area (Å²) in [7, 11) is 0. The summed E-state index contributed by atoms with van der Waals surface area (Å²) in [4.78, 5) is 34.0. The number of aromatic nitrogens is 8. The first kappa shape index (κ1) is 18.3. The Bertz CT molecular complexity index is 1140. The molecule has 0 bridgehead atoms. The molecule has 11 heteroatoms. The van der Waals surface area contributed by atoms with E-state index in [0.29, 0.717) is 28.5 Å². The van der Waals surface area contributed by atoms with Gasteiger partial charge in [-0.2, -0.15) is 4.98 Å². The fraction of sp³-hybridized carbons (Fsp3) is 0.375. The number of hydrogen-bond acceptors (Lipinski definition) is 8. The highest BCUT2D eigenvalue weighted by molar-refractivity contribution is 5.81. The van der Waals surface area contributed by atoms with Crippen LogP contribution in [0.4, 0.5) is 11.8 Å². The lowest BCUT2D eigenvalue weighted by atomic mass is 10.4. The summed E-state index contributed by atoms with van der Waals surface area (Å²) in [5.74, 6) is 0.550. The Balaban J connectivity index is 0.000000156. The Morgan fingerprint density at radius 3 is 2.11 bits per heavy atom. The van der Waals surface area contributed by atoms with Gasteiger partial charge in [0, 0.05) is 12.1 Å². The molecule has 0 aliphatic rings. The Morgan fingerprint density at radius 2 is 1.48 bits per heavy atom. The Hall–Kier alpha value is -3.50. The van der Waals surface area contributed by atoms with E-state index >= 15 is 0 Å². The minimum atomic E-state index is -0.299. The van der Waals surface area contributed by atoms with Crippen LogP contribution in [-0.4, -0.2) is 39.0 Å². The number of nitrogens with zero attached hydrogens (tertiary/aromatic N) is 7. The van der Waals surface area contributed by atoms with Crippen molar-refractivity contribution in [1.29, 1.82) is 0 Å². The molecular formula is C16H22N10O. The molecule has 4 aromatic rings. The van der Waals surface area contributed by atoms with Gasteiger partial charge in [0.25, 0.3) is 5.56 Å². The molecule has 0 saturated heterocycles. The number of imidazole rings is 2. The van der Waals surface area contributed by atoms with E-state index in [4.69, 9.17) is 11.5 Å². The standard InChI is InChI=1S/C8H11N5O.C8H11N5/c1-4(2)13-3-10-5-6(13)11-8(9)12-7(5)14;1-5(2)13-4-12-6-7(9)10-3-11-8(6)13/h3-4H,1-2H3,(H3,9,11,12,14);3-5H,1-2H3,(H2,9,10,11). The molecule has 0 unspecified atom stereocenters. The number of anilines is 2. The van der Waals surface area contributed by atoms with Crippen molar-refractivity contribution in [2.75, 3.05) is 11.5 Å². The number of nitrogen functional groups attached to an aromatic ring is 2. The number of nitrogens with two attached hydrogens (primary N) is 2. The molecule has 4 heterocycles. The maximum absolute atomic E-state index is 11.4. The molecule has 4 aromatic heterocycles. The van der Waals surface area contributed by atoms with Crippen LogP contribution in [0.1, 0.15) is 39.8 Å². The third-order valence-corrected chi connectivity index (χ3v) is 3.95. The Morgan fingerprint density at radius 1 is 0.889 bits per heavy atom. The SMILES string of the molecule is CC(C)n1cnc2c(=O)[nH]c(N)nc21.CC(C)n1cnc2c(N)ncnc21. The van der Waals surface area contributed by atoms with Crippen LogP contribution in [-0.2, 0) is 0 Å².